The third kappa shape index (κ3) is 3.96. The summed E-state index contributed by atoms with van der Waals surface area (Å²) in [5, 5.41) is 16.5. The van der Waals surface area contributed by atoms with Crippen LogP contribution in [0.2, 0.25) is 0 Å². The number of benzene rings is 2. The van der Waals surface area contributed by atoms with Crippen LogP contribution in [0, 0.1) is 6.92 Å². The van der Waals surface area contributed by atoms with Gasteiger partial charge in [0.2, 0.25) is 0 Å². The highest BCUT2D eigenvalue weighted by molar-refractivity contribution is 7.21. The highest BCUT2D eigenvalue weighted by atomic mass is 32.1. The molecule has 182 valence electrons. The average molecular weight is 501 g/mol. The Morgan fingerprint density at radius 2 is 1.97 bits per heavy atom. The number of hydrogen-bond acceptors (Lipinski definition) is 6. The Morgan fingerprint density at radius 3 is 2.72 bits per heavy atom. The van der Waals surface area contributed by atoms with Crippen molar-refractivity contribution in [3.8, 4) is 11.5 Å². The minimum absolute atomic E-state index is 0.0765. The van der Waals surface area contributed by atoms with Gasteiger partial charge < -0.3 is 20.5 Å². The molecule has 2 aliphatic rings. The van der Waals surface area contributed by atoms with Crippen LogP contribution in [0.1, 0.15) is 34.5 Å². The molecule has 36 heavy (non-hydrogen) atoms. The summed E-state index contributed by atoms with van der Waals surface area (Å²) in [7, 11) is 0. The highest BCUT2D eigenvalue weighted by Gasteiger charge is 2.34. The number of aryl methyl sites for hydroxylation is 1. The molecule has 4 aromatic rings. The van der Waals surface area contributed by atoms with Crippen molar-refractivity contribution >= 4 is 50.6 Å². The first kappa shape index (κ1) is 22.5. The lowest BCUT2D eigenvalue weighted by atomic mass is 10.1. The van der Waals surface area contributed by atoms with Crippen LogP contribution in [-0.2, 0) is 0 Å². The van der Waals surface area contributed by atoms with Crippen molar-refractivity contribution in [3.63, 3.8) is 0 Å². The van der Waals surface area contributed by atoms with Crippen molar-refractivity contribution in [2.24, 2.45) is 0 Å². The van der Waals surface area contributed by atoms with Gasteiger partial charge in [-0.2, -0.15) is 0 Å². The van der Waals surface area contributed by atoms with E-state index >= 15 is 0 Å². The molecule has 3 amide bonds. The van der Waals surface area contributed by atoms with Gasteiger partial charge in [-0.3, -0.25) is 9.69 Å². The number of para-hydroxylation sites is 1. The molecule has 0 saturated heterocycles. The summed E-state index contributed by atoms with van der Waals surface area (Å²) >= 11 is 1.26. The first-order valence-corrected chi connectivity index (χ1v) is 12.6. The van der Waals surface area contributed by atoms with Gasteiger partial charge in [0, 0.05) is 12.2 Å². The average Bonchev–Trinajstić information content (AvgIpc) is 3.44. The van der Waals surface area contributed by atoms with E-state index in [2.05, 4.69) is 15.6 Å². The maximum absolute atomic E-state index is 13.4. The second-order valence-electron chi connectivity index (χ2n) is 9.08. The van der Waals surface area contributed by atoms with Crippen molar-refractivity contribution in [2.45, 2.75) is 38.3 Å². The molecule has 0 bridgehead atoms. The summed E-state index contributed by atoms with van der Waals surface area (Å²) in [6, 6.07) is 16.5. The molecule has 0 radical (unpaired) electrons. The standard InChI is InChI=1S/C27H24N4O4S/c1-15-13-19(35-18-5-3-2-4-6-18)9-10-20(15)31-21-11-12-28-26-22(21)23(30-27(31)34)24(36-26)25(33)29-16-7-8-17(32)14-16/h2-6,9-13,16-17,32H,7-8,14H2,1H3,(H,29,33)(H,30,34)/t16-,17+/m0/s1. The molecule has 9 heteroatoms. The maximum Gasteiger partial charge on any atom is 0.331 e. The van der Waals surface area contributed by atoms with Crippen molar-refractivity contribution in [3.05, 3.63) is 71.2 Å². The molecular formula is C27H24N4O4S. The zero-order valence-corrected chi connectivity index (χ0v) is 20.3. The van der Waals surface area contributed by atoms with Crippen molar-refractivity contribution in [2.75, 3.05) is 10.2 Å². The fraction of sp³-hybridized carbons (Fsp3) is 0.222. The molecule has 1 aliphatic carbocycles. The quantitative estimate of drug-likeness (QED) is 0.325. The van der Waals surface area contributed by atoms with Crippen LogP contribution in [-0.4, -0.2) is 34.2 Å². The maximum atomic E-state index is 13.4. The lowest BCUT2D eigenvalue weighted by Crippen LogP contribution is -2.36. The van der Waals surface area contributed by atoms with Gasteiger partial charge in [0.15, 0.2) is 0 Å². The van der Waals surface area contributed by atoms with Crippen LogP contribution >= 0.6 is 11.3 Å². The van der Waals surface area contributed by atoms with E-state index in [1.807, 2.05) is 55.5 Å². The molecule has 2 aromatic heterocycles. The minimum atomic E-state index is -0.384. The fourth-order valence-corrected chi connectivity index (χ4v) is 5.91. The lowest BCUT2D eigenvalue weighted by Gasteiger charge is -2.29. The largest absolute Gasteiger partial charge is 0.457 e. The van der Waals surface area contributed by atoms with E-state index in [-0.39, 0.29) is 24.1 Å². The molecule has 3 N–H and O–H groups in total. The third-order valence-electron chi connectivity index (χ3n) is 6.58. The van der Waals surface area contributed by atoms with E-state index in [1.54, 1.807) is 17.2 Å². The summed E-state index contributed by atoms with van der Waals surface area (Å²) in [5.74, 6) is 1.15. The predicted octanol–water partition coefficient (Wildman–Crippen LogP) is 5.72. The summed E-state index contributed by atoms with van der Waals surface area (Å²) in [5.41, 5.74) is 2.73. The number of pyridine rings is 1. The van der Waals surface area contributed by atoms with E-state index in [0.717, 1.165) is 23.1 Å². The van der Waals surface area contributed by atoms with Crippen molar-refractivity contribution in [1.29, 1.82) is 0 Å². The van der Waals surface area contributed by atoms with Crippen LogP contribution in [0.25, 0.3) is 10.2 Å². The Morgan fingerprint density at radius 1 is 1.14 bits per heavy atom. The fourth-order valence-electron chi connectivity index (χ4n) is 4.89. The molecule has 0 unspecified atom stereocenters. The Balaban J connectivity index is 1.34. The summed E-state index contributed by atoms with van der Waals surface area (Å²) in [6.45, 7) is 1.93. The van der Waals surface area contributed by atoms with E-state index < -0.39 is 0 Å². The number of amides is 3. The highest BCUT2D eigenvalue weighted by Crippen LogP contribution is 2.46. The van der Waals surface area contributed by atoms with E-state index in [0.29, 0.717) is 45.4 Å². The number of anilines is 3. The van der Waals surface area contributed by atoms with Gasteiger partial charge in [0.25, 0.3) is 5.91 Å². The van der Waals surface area contributed by atoms with Gasteiger partial charge in [-0.25, -0.2) is 9.78 Å². The number of aromatic nitrogens is 1. The number of nitrogens with one attached hydrogen (secondary N) is 2. The van der Waals surface area contributed by atoms with Crippen molar-refractivity contribution < 1.29 is 19.4 Å². The monoisotopic (exact) mass is 500 g/mol. The number of rotatable bonds is 5. The Labute approximate surface area is 211 Å². The number of ether oxygens (including phenoxy) is 1. The first-order chi connectivity index (χ1) is 17.5. The molecule has 0 spiro atoms. The topological polar surface area (TPSA) is 104 Å². The zero-order chi connectivity index (χ0) is 24.8. The number of carbonyl (C=O) groups excluding carboxylic acids is 2. The van der Waals surface area contributed by atoms with Gasteiger partial charge in [-0.1, -0.05) is 18.2 Å². The molecule has 8 nitrogen and oxygen atoms in total. The van der Waals surface area contributed by atoms with E-state index in [1.165, 1.54) is 11.3 Å². The normalized spacial score (nSPS) is 18.8. The second kappa shape index (κ2) is 8.92. The van der Waals surface area contributed by atoms with E-state index in [4.69, 9.17) is 4.74 Å². The molecular weight excluding hydrogens is 476 g/mol. The SMILES string of the molecule is Cc1cc(Oc2ccccc2)ccc1N1C(=O)Nc2c(C(=O)N[C@H]3CC[C@@H](O)C3)sc3nccc1c23. The number of aliphatic hydroxyl groups excluding tert-OH is 1. The van der Waals surface area contributed by atoms with E-state index in [9.17, 15) is 14.7 Å². The van der Waals surface area contributed by atoms with Crippen LogP contribution in [0.5, 0.6) is 11.5 Å². The molecule has 1 fully saturated rings. The number of urea groups is 1. The Bertz CT molecular complexity index is 1490. The number of nitrogens with zero attached hydrogens (tertiary/aromatic N) is 2. The van der Waals surface area contributed by atoms with Gasteiger partial charge in [0.05, 0.1) is 28.6 Å². The molecule has 2 aromatic carbocycles. The Kier molecular flexibility index (Phi) is 5.58. The second-order valence-corrected chi connectivity index (χ2v) is 10.1. The molecule has 2 atom stereocenters. The molecule has 6 rings (SSSR count). The number of hydrogen-bond donors (Lipinski definition) is 3. The summed E-state index contributed by atoms with van der Waals surface area (Å²) in [6.07, 6.45) is 3.22. The zero-order valence-electron chi connectivity index (χ0n) is 19.5. The van der Waals surface area contributed by atoms with Gasteiger partial charge in [0.1, 0.15) is 21.2 Å². The van der Waals surface area contributed by atoms with Crippen LogP contribution in [0.3, 0.4) is 0 Å². The lowest BCUT2D eigenvalue weighted by molar-refractivity contribution is 0.0939. The Hall–Kier alpha value is -3.95. The van der Waals surface area contributed by atoms with Crippen LogP contribution in [0.4, 0.5) is 21.9 Å². The smallest absolute Gasteiger partial charge is 0.331 e. The number of thiophene rings is 1. The van der Waals surface area contributed by atoms with Crippen molar-refractivity contribution in [1.82, 2.24) is 10.3 Å². The van der Waals surface area contributed by atoms with Crippen LogP contribution in [0.15, 0.2) is 60.8 Å². The first-order valence-electron chi connectivity index (χ1n) is 11.8. The summed E-state index contributed by atoms with van der Waals surface area (Å²) < 4.78 is 5.95. The predicted molar refractivity (Wildman–Crippen MR) is 140 cm³/mol. The molecule has 3 heterocycles. The minimum Gasteiger partial charge on any atom is -0.457 e. The van der Waals surface area contributed by atoms with Gasteiger partial charge >= 0.3 is 6.03 Å². The molecule has 1 aliphatic heterocycles. The molecule has 1 saturated carbocycles. The van der Waals surface area contributed by atoms with Gasteiger partial charge in [-0.05, 0) is 68.1 Å². The summed E-state index contributed by atoms with van der Waals surface area (Å²) in [4.78, 5) is 33.7. The number of carbonyl (C=O) groups is 2. The van der Waals surface area contributed by atoms with Gasteiger partial charge in [-0.15, -0.1) is 11.3 Å². The van der Waals surface area contributed by atoms with Crippen LogP contribution < -0.4 is 20.3 Å². The number of aliphatic hydroxyl groups is 1. The third-order valence-corrected chi connectivity index (χ3v) is 7.68.